The summed E-state index contributed by atoms with van der Waals surface area (Å²) in [7, 11) is 0. The van der Waals surface area contributed by atoms with E-state index < -0.39 is 0 Å². The minimum atomic E-state index is 0.635. The van der Waals surface area contributed by atoms with Crippen LogP contribution >= 0.6 is 0 Å². The Morgan fingerprint density at radius 2 is 1.93 bits per heavy atom. The molecule has 0 spiro atoms. The highest BCUT2D eigenvalue weighted by atomic mass is 16.5. The van der Waals surface area contributed by atoms with E-state index >= 15 is 0 Å². The molecule has 1 aliphatic heterocycles. The average molecular weight is 358 g/mol. The van der Waals surface area contributed by atoms with Crippen molar-refractivity contribution in [1.29, 1.82) is 0 Å². The first-order chi connectivity index (χ1) is 13.2. The Kier molecular flexibility index (Phi) is 4.50. The summed E-state index contributed by atoms with van der Waals surface area (Å²) in [6.07, 6.45) is 0. The summed E-state index contributed by atoms with van der Waals surface area (Å²) in [5, 5.41) is 5.58. The Hall–Kier alpha value is -3.34. The predicted molar refractivity (Wildman–Crippen MR) is 110 cm³/mol. The van der Waals surface area contributed by atoms with Crippen LogP contribution in [0.15, 0.2) is 72.1 Å². The van der Waals surface area contributed by atoms with Crippen LogP contribution in [-0.2, 0) is 0 Å². The standard InChI is InChI=1S/C22H22N4O/c1-4-26-15(3)24-25-22(26)19-14-21(23-20-12-7-6-11-18(19)20)16-9-8-10-17(13-16)27-5-2/h6-14,24H,3-5H2,1-2H3. The smallest absolute Gasteiger partial charge is 0.162 e. The van der Waals surface area contributed by atoms with Crippen LogP contribution in [0.2, 0.25) is 0 Å². The maximum atomic E-state index is 5.65. The lowest BCUT2D eigenvalue weighted by Crippen LogP contribution is -2.27. The summed E-state index contributed by atoms with van der Waals surface area (Å²) in [5.41, 5.74) is 6.87. The summed E-state index contributed by atoms with van der Waals surface area (Å²) in [6, 6.07) is 18.3. The zero-order valence-electron chi connectivity index (χ0n) is 15.6. The minimum absolute atomic E-state index is 0.635. The zero-order chi connectivity index (χ0) is 18.8. The molecule has 1 aliphatic rings. The molecule has 0 saturated carbocycles. The molecule has 1 aromatic heterocycles. The number of ether oxygens (including phenoxy) is 1. The highest BCUT2D eigenvalue weighted by Crippen LogP contribution is 2.29. The van der Waals surface area contributed by atoms with Gasteiger partial charge < -0.3 is 9.64 Å². The van der Waals surface area contributed by atoms with Crippen molar-refractivity contribution in [2.75, 3.05) is 13.2 Å². The van der Waals surface area contributed by atoms with Gasteiger partial charge in [-0.2, -0.15) is 5.10 Å². The maximum absolute atomic E-state index is 5.65. The molecule has 0 fully saturated rings. The summed E-state index contributed by atoms with van der Waals surface area (Å²) in [5.74, 6) is 2.49. The molecule has 0 saturated heterocycles. The number of pyridine rings is 1. The van der Waals surface area contributed by atoms with Crippen molar-refractivity contribution in [3.63, 3.8) is 0 Å². The van der Waals surface area contributed by atoms with Crippen molar-refractivity contribution < 1.29 is 4.74 Å². The van der Waals surface area contributed by atoms with Crippen molar-refractivity contribution >= 4 is 16.7 Å². The SMILES string of the molecule is C=C1NN=C(c2cc(-c3cccc(OCC)c3)nc3ccccc23)N1CC. The predicted octanol–water partition coefficient (Wildman–Crippen LogP) is 4.36. The second-order valence-electron chi connectivity index (χ2n) is 6.27. The second-order valence-corrected chi connectivity index (χ2v) is 6.27. The third kappa shape index (κ3) is 3.12. The summed E-state index contributed by atoms with van der Waals surface area (Å²) in [6.45, 7) is 9.54. The van der Waals surface area contributed by atoms with Crippen LogP contribution in [0.4, 0.5) is 0 Å². The molecule has 2 heterocycles. The molecule has 2 aromatic carbocycles. The number of nitrogens with zero attached hydrogens (tertiary/aromatic N) is 3. The van der Waals surface area contributed by atoms with E-state index in [2.05, 4.69) is 47.1 Å². The van der Waals surface area contributed by atoms with Gasteiger partial charge in [-0.1, -0.05) is 36.9 Å². The largest absolute Gasteiger partial charge is 0.494 e. The fourth-order valence-electron chi connectivity index (χ4n) is 3.33. The molecule has 136 valence electrons. The average Bonchev–Trinajstić information content (AvgIpc) is 3.08. The first-order valence-corrected chi connectivity index (χ1v) is 9.14. The van der Waals surface area contributed by atoms with Crippen LogP contribution in [0.25, 0.3) is 22.2 Å². The van der Waals surface area contributed by atoms with Gasteiger partial charge >= 0.3 is 0 Å². The first-order valence-electron chi connectivity index (χ1n) is 9.14. The van der Waals surface area contributed by atoms with Crippen LogP contribution in [0.3, 0.4) is 0 Å². The summed E-state index contributed by atoms with van der Waals surface area (Å²) < 4.78 is 5.65. The van der Waals surface area contributed by atoms with E-state index in [0.717, 1.165) is 51.7 Å². The molecule has 0 bridgehead atoms. The van der Waals surface area contributed by atoms with E-state index in [1.807, 2.05) is 43.3 Å². The molecule has 0 amide bonds. The highest BCUT2D eigenvalue weighted by molar-refractivity contribution is 6.11. The second kappa shape index (κ2) is 7.11. The van der Waals surface area contributed by atoms with Crippen LogP contribution < -0.4 is 10.2 Å². The van der Waals surface area contributed by atoms with Gasteiger partial charge in [0, 0.05) is 23.1 Å². The van der Waals surface area contributed by atoms with Crippen LogP contribution in [-0.4, -0.2) is 28.9 Å². The van der Waals surface area contributed by atoms with Gasteiger partial charge in [0.2, 0.25) is 0 Å². The van der Waals surface area contributed by atoms with Gasteiger partial charge in [0.1, 0.15) is 11.6 Å². The Labute approximate surface area is 159 Å². The lowest BCUT2D eigenvalue weighted by Gasteiger charge is -2.19. The van der Waals surface area contributed by atoms with Crippen LogP contribution in [0, 0.1) is 0 Å². The number of nitrogens with one attached hydrogen (secondary N) is 1. The molecule has 0 aliphatic carbocycles. The van der Waals surface area contributed by atoms with Gasteiger partial charge in [-0.05, 0) is 38.1 Å². The van der Waals surface area contributed by atoms with E-state index in [-0.39, 0.29) is 0 Å². The Morgan fingerprint density at radius 1 is 1.07 bits per heavy atom. The monoisotopic (exact) mass is 358 g/mol. The van der Waals surface area contributed by atoms with Crippen LogP contribution in [0.5, 0.6) is 5.75 Å². The first kappa shape index (κ1) is 17.1. The van der Waals surface area contributed by atoms with E-state index in [9.17, 15) is 0 Å². The fourth-order valence-corrected chi connectivity index (χ4v) is 3.33. The van der Waals surface area contributed by atoms with Gasteiger partial charge in [0.05, 0.1) is 17.8 Å². The molecule has 0 unspecified atom stereocenters. The Morgan fingerprint density at radius 3 is 2.74 bits per heavy atom. The molecule has 0 atom stereocenters. The van der Waals surface area contributed by atoms with Crippen LogP contribution in [0.1, 0.15) is 19.4 Å². The van der Waals surface area contributed by atoms with Crippen molar-refractivity contribution in [1.82, 2.24) is 15.3 Å². The van der Waals surface area contributed by atoms with Gasteiger partial charge in [-0.15, -0.1) is 0 Å². The number of hydrogen-bond donors (Lipinski definition) is 1. The van der Waals surface area contributed by atoms with Crippen molar-refractivity contribution in [3.8, 4) is 17.0 Å². The fraction of sp³-hybridized carbons (Fsp3) is 0.182. The maximum Gasteiger partial charge on any atom is 0.162 e. The molecule has 4 rings (SSSR count). The lowest BCUT2D eigenvalue weighted by molar-refractivity contribution is 0.340. The van der Waals surface area contributed by atoms with Gasteiger partial charge in [0.15, 0.2) is 5.84 Å². The molecule has 27 heavy (non-hydrogen) atoms. The Balaban J connectivity index is 1.89. The topological polar surface area (TPSA) is 49.8 Å². The number of hydrazone groups is 1. The number of fused-ring (bicyclic) bond motifs is 1. The number of para-hydroxylation sites is 1. The zero-order valence-corrected chi connectivity index (χ0v) is 15.6. The summed E-state index contributed by atoms with van der Waals surface area (Å²) in [4.78, 5) is 6.95. The molecular weight excluding hydrogens is 336 g/mol. The van der Waals surface area contributed by atoms with E-state index in [1.54, 1.807) is 0 Å². The lowest BCUT2D eigenvalue weighted by atomic mass is 10.0. The highest BCUT2D eigenvalue weighted by Gasteiger charge is 2.23. The van der Waals surface area contributed by atoms with E-state index in [1.165, 1.54) is 0 Å². The van der Waals surface area contributed by atoms with Gasteiger partial charge in [-0.3, -0.25) is 5.43 Å². The van der Waals surface area contributed by atoms with Crippen molar-refractivity contribution in [2.45, 2.75) is 13.8 Å². The molecule has 5 nitrogen and oxygen atoms in total. The number of benzene rings is 2. The van der Waals surface area contributed by atoms with Gasteiger partial charge in [0.25, 0.3) is 0 Å². The van der Waals surface area contributed by atoms with Crippen molar-refractivity contribution in [3.05, 3.63) is 72.6 Å². The third-order valence-corrected chi connectivity index (χ3v) is 4.59. The Bertz CT molecular complexity index is 1040. The summed E-state index contributed by atoms with van der Waals surface area (Å²) >= 11 is 0. The quantitative estimate of drug-likeness (QED) is 0.736. The molecule has 3 aromatic rings. The van der Waals surface area contributed by atoms with Gasteiger partial charge in [-0.25, -0.2) is 4.98 Å². The molecule has 5 heteroatoms. The van der Waals surface area contributed by atoms with E-state index in [0.29, 0.717) is 6.61 Å². The minimum Gasteiger partial charge on any atom is -0.494 e. The number of amidine groups is 1. The molecule has 0 radical (unpaired) electrons. The third-order valence-electron chi connectivity index (χ3n) is 4.59. The number of aromatic nitrogens is 1. The van der Waals surface area contributed by atoms with E-state index in [4.69, 9.17) is 9.72 Å². The normalized spacial score (nSPS) is 13.6. The molecule has 1 N–H and O–H groups in total. The molecular formula is C22H22N4O. The van der Waals surface area contributed by atoms with Crippen molar-refractivity contribution in [2.24, 2.45) is 5.10 Å². The number of hydrogen-bond acceptors (Lipinski definition) is 5. The number of rotatable bonds is 5.